The van der Waals surface area contributed by atoms with Gasteiger partial charge in [-0.05, 0) is 23.8 Å². The normalized spacial score (nSPS) is 16.5. The lowest BCUT2D eigenvalue weighted by Gasteiger charge is -2.13. The van der Waals surface area contributed by atoms with Crippen LogP contribution in [-0.2, 0) is 16.0 Å². The fourth-order valence-corrected chi connectivity index (χ4v) is 3.28. The van der Waals surface area contributed by atoms with Crippen molar-refractivity contribution in [3.05, 3.63) is 66.1 Å². The third-order valence-corrected chi connectivity index (χ3v) is 4.66. The van der Waals surface area contributed by atoms with Gasteiger partial charge in [-0.2, -0.15) is 0 Å². The van der Waals surface area contributed by atoms with Crippen LogP contribution in [0.1, 0.15) is 5.56 Å². The van der Waals surface area contributed by atoms with Gasteiger partial charge in [0.25, 0.3) is 5.91 Å². The monoisotopic (exact) mass is 380 g/mol. The number of hydrogen-bond donors (Lipinski definition) is 3. The van der Waals surface area contributed by atoms with Crippen LogP contribution in [0.5, 0.6) is 0 Å². The largest absolute Gasteiger partial charge is 0.361 e. The van der Waals surface area contributed by atoms with Gasteiger partial charge in [-0.1, -0.05) is 30.3 Å². The molecule has 8 heteroatoms. The van der Waals surface area contributed by atoms with Crippen molar-refractivity contribution in [3.63, 3.8) is 0 Å². The van der Waals surface area contributed by atoms with Crippen molar-refractivity contribution in [1.82, 2.24) is 15.2 Å². The first-order valence-corrected chi connectivity index (χ1v) is 8.74. The highest BCUT2D eigenvalue weighted by molar-refractivity contribution is 6.08. The van der Waals surface area contributed by atoms with Crippen LogP contribution in [0, 0.1) is 5.82 Å². The lowest BCUT2D eigenvalue weighted by molar-refractivity contribution is -0.130. The van der Waals surface area contributed by atoms with Crippen molar-refractivity contribution in [3.8, 4) is 0 Å². The van der Waals surface area contributed by atoms with Gasteiger partial charge in [0.15, 0.2) is 0 Å². The van der Waals surface area contributed by atoms with Crippen LogP contribution in [0.4, 0.5) is 14.9 Å². The number of halogens is 1. The molecule has 1 saturated heterocycles. The van der Waals surface area contributed by atoms with Crippen LogP contribution >= 0.6 is 0 Å². The molecule has 1 unspecified atom stereocenters. The Bertz CT molecular complexity index is 1080. The number of amides is 4. The standard InChI is InChI=1S/C20H17FN4O3/c21-14-6-2-4-8-16(14)23-18(26)11-25-19(27)17(24-20(25)28)9-12-10-22-15-7-3-1-5-13(12)15/h1-8,10,17,22H,9,11H2,(H,23,26)(H,24,28). The first kappa shape index (κ1) is 17.7. The number of aromatic nitrogens is 1. The van der Waals surface area contributed by atoms with Crippen molar-refractivity contribution in [2.24, 2.45) is 0 Å². The third-order valence-electron chi connectivity index (χ3n) is 4.66. The SMILES string of the molecule is O=C(CN1C(=O)NC(Cc2c[nH]c3ccccc23)C1=O)Nc1ccccc1F. The molecule has 7 nitrogen and oxygen atoms in total. The summed E-state index contributed by atoms with van der Waals surface area (Å²) < 4.78 is 13.6. The number of nitrogens with zero attached hydrogens (tertiary/aromatic N) is 1. The Hall–Kier alpha value is -3.68. The maximum absolute atomic E-state index is 13.6. The predicted octanol–water partition coefficient (Wildman–Crippen LogP) is 2.41. The van der Waals surface area contributed by atoms with Crippen molar-refractivity contribution >= 4 is 34.4 Å². The summed E-state index contributed by atoms with van der Waals surface area (Å²) in [5.74, 6) is -1.73. The number of carbonyl (C=O) groups is 3. The molecule has 3 N–H and O–H groups in total. The summed E-state index contributed by atoms with van der Waals surface area (Å²) in [6, 6.07) is 11.9. The topological polar surface area (TPSA) is 94.3 Å². The van der Waals surface area contributed by atoms with Crippen molar-refractivity contribution in [2.75, 3.05) is 11.9 Å². The van der Waals surface area contributed by atoms with Crippen LogP contribution < -0.4 is 10.6 Å². The van der Waals surface area contributed by atoms with E-state index in [2.05, 4.69) is 15.6 Å². The molecule has 0 radical (unpaired) electrons. The van der Waals surface area contributed by atoms with Crippen molar-refractivity contribution in [2.45, 2.75) is 12.5 Å². The number of benzene rings is 2. The Kier molecular flexibility index (Phi) is 4.52. The Morgan fingerprint density at radius 2 is 1.86 bits per heavy atom. The highest BCUT2D eigenvalue weighted by Gasteiger charge is 2.39. The second-order valence-electron chi connectivity index (χ2n) is 6.52. The fraction of sp³-hybridized carbons (Fsp3) is 0.150. The summed E-state index contributed by atoms with van der Waals surface area (Å²) in [5, 5.41) is 5.95. The molecule has 0 saturated carbocycles. The molecule has 142 valence electrons. The lowest BCUT2D eigenvalue weighted by Crippen LogP contribution is -2.38. The number of imide groups is 1. The average molecular weight is 380 g/mol. The van der Waals surface area contributed by atoms with E-state index in [0.29, 0.717) is 6.42 Å². The maximum Gasteiger partial charge on any atom is 0.325 e. The minimum Gasteiger partial charge on any atom is -0.361 e. The van der Waals surface area contributed by atoms with Gasteiger partial charge in [-0.15, -0.1) is 0 Å². The van der Waals surface area contributed by atoms with Crippen LogP contribution in [-0.4, -0.2) is 40.3 Å². The zero-order valence-electron chi connectivity index (χ0n) is 14.7. The summed E-state index contributed by atoms with van der Waals surface area (Å²) in [4.78, 5) is 40.9. The fourth-order valence-electron chi connectivity index (χ4n) is 3.28. The summed E-state index contributed by atoms with van der Waals surface area (Å²) in [6.07, 6.45) is 2.11. The molecular formula is C20H17FN4O3. The molecule has 1 aliphatic rings. The summed E-state index contributed by atoms with van der Waals surface area (Å²) in [5.41, 5.74) is 1.83. The van der Waals surface area contributed by atoms with Gasteiger partial charge >= 0.3 is 6.03 Å². The molecule has 3 aromatic rings. The number of H-pyrrole nitrogens is 1. The second kappa shape index (κ2) is 7.15. The van der Waals surface area contributed by atoms with Crippen LogP contribution in [0.3, 0.4) is 0 Å². The number of fused-ring (bicyclic) bond motifs is 1. The molecule has 1 aromatic heterocycles. The Morgan fingerprint density at radius 1 is 1.11 bits per heavy atom. The Balaban J connectivity index is 1.44. The number of nitrogens with one attached hydrogen (secondary N) is 3. The molecular weight excluding hydrogens is 363 g/mol. The number of carbonyl (C=O) groups excluding carboxylic acids is 3. The summed E-state index contributed by atoms with van der Waals surface area (Å²) >= 11 is 0. The van der Waals surface area contributed by atoms with Crippen LogP contribution in [0.15, 0.2) is 54.7 Å². The van der Waals surface area contributed by atoms with E-state index in [0.717, 1.165) is 21.4 Å². The van der Waals surface area contributed by atoms with Crippen LogP contribution in [0.25, 0.3) is 10.9 Å². The summed E-state index contributed by atoms with van der Waals surface area (Å²) in [7, 11) is 0. The van der Waals surface area contributed by atoms with E-state index < -0.39 is 36.2 Å². The molecule has 4 amide bonds. The molecule has 1 fully saturated rings. The number of para-hydroxylation sites is 2. The summed E-state index contributed by atoms with van der Waals surface area (Å²) in [6.45, 7) is -0.483. The van der Waals surface area contributed by atoms with Gasteiger partial charge in [0.05, 0.1) is 5.69 Å². The van der Waals surface area contributed by atoms with E-state index in [-0.39, 0.29) is 5.69 Å². The number of anilines is 1. The highest BCUT2D eigenvalue weighted by atomic mass is 19.1. The first-order valence-electron chi connectivity index (χ1n) is 8.74. The molecule has 0 spiro atoms. The van der Waals surface area contributed by atoms with Gasteiger partial charge in [-0.3, -0.25) is 14.5 Å². The molecule has 28 heavy (non-hydrogen) atoms. The Labute approximate surface area is 159 Å². The van der Waals surface area contributed by atoms with E-state index >= 15 is 0 Å². The molecule has 2 heterocycles. The minimum atomic E-state index is -0.757. The number of urea groups is 1. The molecule has 2 aromatic carbocycles. The molecule has 1 atom stereocenters. The quantitative estimate of drug-likeness (QED) is 0.594. The van der Waals surface area contributed by atoms with E-state index in [4.69, 9.17) is 0 Å². The van der Waals surface area contributed by atoms with E-state index in [9.17, 15) is 18.8 Å². The smallest absolute Gasteiger partial charge is 0.325 e. The molecule has 0 bridgehead atoms. The van der Waals surface area contributed by atoms with Gasteiger partial charge < -0.3 is 15.6 Å². The van der Waals surface area contributed by atoms with Gasteiger partial charge in [0, 0.05) is 23.5 Å². The predicted molar refractivity (Wildman–Crippen MR) is 101 cm³/mol. The minimum absolute atomic E-state index is 0.00473. The average Bonchev–Trinajstić information content (AvgIpc) is 3.20. The molecule has 1 aliphatic heterocycles. The Morgan fingerprint density at radius 3 is 2.68 bits per heavy atom. The highest BCUT2D eigenvalue weighted by Crippen LogP contribution is 2.21. The van der Waals surface area contributed by atoms with Crippen molar-refractivity contribution < 1.29 is 18.8 Å². The first-order chi connectivity index (χ1) is 13.5. The van der Waals surface area contributed by atoms with Gasteiger partial charge in [-0.25, -0.2) is 9.18 Å². The van der Waals surface area contributed by atoms with Crippen LogP contribution in [0.2, 0.25) is 0 Å². The van der Waals surface area contributed by atoms with Crippen molar-refractivity contribution in [1.29, 1.82) is 0 Å². The lowest BCUT2D eigenvalue weighted by atomic mass is 10.1. The van der Waals surface area contributed by atoms with E-state index in [1.54, 1.807) is 12.3 Å². The second-order valence-corrected chi connectivity index (χ2v) is 6.52. The number of rotatable bonds is 5. The maximum atomic E-state index is 13.6. The zero-order valence-corrected chi connectivity index (χ0v) is 14.7. The zero-order chi connectivity index (χ0) is 19.7. The van der Waals surface area contributed by atoms with E-state index in [1.807, 2.05) is 24.3 Å². The molecule has 4 rings (SSSR count). The third kappa shape index (κ3) is 3.32. The number of aromatic amines is 1. The number of hydrogen-bond acceptors (Lipinski definition) is 3. The van der Waals surface area contributed by atoms with E-state index in [1.165, 1.54) is 18.2 Å². The molecule has 0 aliphatic carbocycles. The van der Waals surface area contributed by atoms with Gasteiger partial charge in [0.1, 0.15) is 18.4 Å². The van der Waals surface area contributed by atoms with Gasteiger partial charge in [0.2, 0.25) is 5.91 Å².